The summed E-state index contributed by atoms with van der Waals surface area (Å²) in [4.78, 5) is 34.1. The van der Waals surface area contributed by atoms with Crippen LogP contribution < -0.4 is 0 Å². The number of carbonyl (C=O) groups excluding carboxylic acids is 3. The number of benzene rings is 1. The number of aryl methyl sites for hydroxylation is 1. The number of esters is 2. The van der Waals surface area contributed by atoms with Crippen LogP contribution in [0.15, 0.2) is 48.6 Å². The van der Waals surface area contributed by atoms with Crippen molar-refractivity contribution in [3.63, 3.8) is 0 Å². The molecule has 0 saturated heterocycles. The predicted octanol–water partition coefficient (Wildman–Crippen LogP) is 3.17. The summed E-state index contributed by atoms with van der Waals surface area (Å²) >= 11 is 0. The molecule has 0 fully saturated rings. The van der Waals surface area contributed by atoms with Crippen LogP contribution in [0.5, 0.6) is 0 Å². The minimum Gasteiger partial charge on any atom is -0.459 e. The van der Waals surface area contributed by atoms with Gasteiger partial charge in [0, 0.05) is 19.4 Å². The molecule has 128 valence electrons. The number of ether oxygens (including phenoxy) is 2. The standard InChI is InChI=1S/C19H22O5/c1-13-9-11-17(12-10-13)18(22)7-5-6-8-19(24-16(4)21)14(2)23-15(3)20/h5-12,14,19H,1-4H3/b7-5+,8-6+/t14-,19+/m0/s1. The van der Waals surface area contributed by atoms with Gasteiger partial charge in [0.1, 0.15) is 6.10 Å². The summed E-state index contributed by atoms with van der Waals surface area (Å²) in [6.45, 7) is 6.13. The Bertz CT molecular complexity index is 640. The number of allylic oxidation sites excluding steroid dienone is 3. The number of rotatable bonds is 7. The highest BCUT2D eigenvalue weighted by Gasteiger charge is 2.19. The number of ketones is 1. The van der Waals surface area contributed by atoms with Gasteiger partial charge in [0.25, 0.3) is 0 Å². The van der Waals surface area contributed by atoms with Gasteiger partial charge < -0.3 is 9.47 Å². The second-order valence-corrected chi connectivity index (χ2v) is 5.36. The van der Waals surface area contributed by atoms with E-state index in [4.69, 9.17) is 9.47 Å². The predicted molar refractivity (Wildman–Crippen MR) is 90.6 cm³/mol. The Morgan fingerprint density at radius 3 is 2.08 bits per heavy atom. The monoisotopic (exact) mass is 330 g/mol. The van der Waals surface area contributed by atoms with Crippen LogP contribution in [0.3, 0.4) is 0 Å². The Kier molecular flexibility index (Phi) is 7.62. The molecule has 0 unspecified atom stereocenters. The van der Waals surface area contributed by atoms with Gasteiger partial charge in [-0.15, -0.1) is 0 Å². The van der Waals surface area contributed by atoms with E-state index in [2.05, 4.69) is 0 Å². The number of carbonyl (C=O) groups is 3. The van der Waals surface area contributed by atoms with Crippen molar-refractivity contribution in [1.29, 1.82) is 0 Å². The minimum atomic E-state index is -0.717. The third-order valence-corrected chi connectivity index (χ3v) is 3.11. The van der Waals surface area contributed by atoms with Crippen LogP contribution in [0.2, 0.25) is 0 Å². The summed E-state index contributed by atoms with van der Waals surface area (Å²) in [6, 6.07) is 7.26. The Morgan fingerprint density at radius 2 is 1.54 bits per heavy atom. The van der Waals surface area contributed by atoms with E-state index in [1.807, 2.05) is 19.1 Å². The van der Waals surface area contributed by atoms with Gasteiger partial charge in [-0.25, -0.2) is 0 Å². The Labute approximate surface area is 142 Å². The first-order valence-electron chi connectivity index (χ1n) is 7.60. The summed E-state index contributed by atoms with van der Waals surface area (Å²) in [6.07, 6.45) is 4.78. The van der Waals surface area contributed by atoms with E-state index in [0.29, 0.717) is 5.56 Å². The molecule has 2 atom stereocenters. The fraction of sp³-hybridized carbons (Fsp3) is 0.316. The molecular formula is C19H22O5. The quantitative estimate of drug-likeness (QED) is 0.332. The SMILES string of the molecule is CC(=O)O[C@@H](C)[C@@H](/C=C/C=C/C(=O)c1ccc(C)cc1)OC(C)=O. The first kappa shape index (κ1) is 19.4. The third kappa shape index (κ3) is 7.05. The molecular weight excluding hydrogens is 308 g/mol. The van der Waals surface area contributed by atoms with Crippen LogP contribution in [-0.2, 0) is 19.1 Å². The van der Waals surface area contributed by atoms with Gasteiger partial charge in [-0.05, 0) is 26.0 Å². The van der Waals surface area contributed by atoms with E-state index >= 15 is 0 Å². The topological polar surface area (TPSA) is 69.7 Å². The van der Waals surface area contributed by atoms with E-state index < -0.39 is 24.1 Å². The molecule has 1 aromatic carbocycles. The van der Waals surface area contributed by atoms with Gasteiger partial charge in [-0.1, -0.05) is 42.0 Å². The molecule has 0 aliphatic carbocycles. The average molecular weight is 330 g/mol. The first-order chi connectivity index (χ1) is 11.3. The minimum absolute atomic E-state index is 0.128. The molecule has 0 heterocycles. The molecule has 0 amide bonds. The Morgan fingerprint density at radius 1 is 0.958 bits per heavy atom. The summed E-state index contributed by atoms with van der Waals surface area (Å²) in [5.74, 6) is -1.07. The van der Waals surface area contributed by atoms with Crippen LogP contribution in [0.1, 0.15) is 36.7 Å². The normalized spacial score (nSPS) is 13.7. The average Bonchev–Trinajstić information content (AvgIpc) is 2.49. The highest BCUT2D eigenvalue weighted by atomic mass is 16.6. The van der Waals surface area contributed by atoms with E-state index in [9.17, 15) is 14.4 Å². The number of hydrogen-bond acceptors (Lipinski definition) is 5. The lowest BCUT2D eigenvalue weighted by Gasteiger charge is -2.20. The molecule has 1 aromatic rings. The molecule has 0 saturated carbocycles. The summed E-state index contributed by atoms with van der Waals surface area (Å²) < 4.78 is 10.1. The van der Waals surface area contributed by atoms with Crippen molar-refractivity contribution in [2.24, 2.45) is 0 Å². The third-order valence-electron chi connectivity index (χ3n) is 3.11. The van der Waals surface area contributed by atoms with E-state index in [0.717, 1.165) is 5.56 Å². The molecule has 24 heavy (non-hydrogen) atoms. The smallest absolute Gasteiger partial charge is 0.303 e. The zero-order valence-corrected chi connectivity index (χ0v) is 14.3. The van der Waals surface area contributed by atoms with E-state index in [-0.39, 0.29) is 5.78 Å². The molecule has 5 heteroatoms. The Hall–Kier alpha value is -2.69. The lowest BCUT2D eigenvalue weighted by molar-refractivity contribution is -0.160. The lowest BCUT2D eigenvalue weighted by Crippen LogP contribution is -2.30. The molecule has 1 rings (SSSR count). The van der Waals surface area contributed by atoms with Crippen molar-refractivity contribution in [2.45, 2.75) is 39.9 Å². The number of hydrogen-bond donors (Lipinski definition) is 0. The molecule has 0 N–H and O–H groups in total. The first-order valence-corrected chi connectivity index (χ1v) is 7.60. The maximum Gasteiger partial charge on any atom is 0.303 e. The van der Waals surface area contributed by atoms with E-state index in [1.54, 1.807) is 37.3 Å². The van der Waals surface area contributed by atoms with Crippen LogP contribution in [0, 0.1) is 6.92 Å². The van der Waals surface area contributed by atoms with Gasteiger partial charge in [-0.3, -0.25) is 14.4 Å². The highest BCUT2D eigenvalue weighted by molar-refractivity contribution is 6.04. The summed E-state index contributed by atoms with van der Waals surface area (Å²) in [5, 5.41) is 0. The van der Waals surface area contributed by atoms with Crippen molar-refractivity contribution in [2.75, 3.05) is 0 Å². The zero-order chi connectivity index (χ0) is 18.1. The van der Waals surface area contributed by atoms with Gasteiger partial charge in [0.05, 0.1) is 0 Å². The maximum absolute atomic E-state index is 12.0. The van der Waals surface area contributed by atoms with Crippen LogP contribution in [-0.4, -0.2) is 29.9 Å². The second-order valence-electron chi connectivity index (χ2n) is 5.36. The molecule has 0 aromatic heterocycles. The van der Waals surface area contributed by atoms with Gasteiger partial charge >= 0.3 is 11.9 Å². The van der Waals surface area contributed by atoms with Crippen molar-refractivity contribution < 1.29 is 23.9 Å². The van der Waals surface area contributed by atoms with Crippen LogP contribution >= 0.6 is 0 Å². The molecule has 0 aliphatic heterocycles. The molecule has 5 nitrogen and oxygen atoms in total. The highest BCUT2D eigenvalue weighted by Crippen LogP contribution is 2.08. The molecule has 0 bridgehead atoms. The van der Waals surface area contributed by atoms with Crippen LogP contribution in [0.4, 0.5) is 0 Å². The molecule has 0 spiro atoms. The van der Waals surface area contributed by atoms with Crippen molar-refractivity contribution in [3.05, 3.63) is 59.7 Å². The van der Waals surface area contributed by atoms with Crippen molar-refractivity contribution >= 4 is 17.7 Å². The summed E-state index contributed by atoms with van der Waals surface area (Å²) in [7, 11) is 0. The fourth-order valence-corrected chi connectivity index (χ4v) is 1.94. The van der Waals surface area contributed by atoms with Gasteiger partial charge in [-0.2, -0.15) is 0 Å². The maximum atomic E-state index is 12.0. The molecule has 0 radical (unpaired) electrons. The zero-order valence-electron chi connectivity index (χ0n) is 14.3. The van der Waals surface area contributed by atoms with Gasteiger partial charge in [0.2, 0.25) is 0 Å². The van der Waals surface area contributed by atoms with Crippen LogP contribution in [0.25, 0.3) is 0 Å². The Balaban J connectivity index is 2.71. The lowest BCUT2D eigenvalue weighted by atomic mass is 10.1. The summed E-state index contributed by atoms with van der Waals surface area (Å²) in [5.41, 5.74) is 1.68. The largest absolute Gasteiger partial charge is 0.459 e. The molecule has 0 aliphatic rings. The van der Waals surface area contributed by atoms with E-state index in [1.165, 1.54) is 19.9 Å². The van der Waals surface area contributed by atoms with Crippen molar-refractivity contribution in [3.8, 4) is 0 Å². The second kappa shape index (κ2) is 9.45. The fourth-order valence-electron chi connectivity index (χ4n) is 1.94. The van der Waals surface area contributed by atoms with Gasteiger partial charge in [0.15, 0.2) is 11.9 Å². The van der Waals surface area contributed by atoms with Crippen molar-refractivity contribution in [1.82, 2.24) is 0 Å².